The maximum Gasteiger partial charge on any atom is 0.0839 e. The van der Waals surface area contributed by atoms with Gasteiger partial charge in [0.1, 0.15) is 0 Å². The van der Waals surface area contributed by atoms with E-state index in [9.17, 15) is 0 Å². The highest BCUT2D eigenvalue weighted by Crippen LogP contribution is 2.03. The molecule has 0 amide bonds. The molecule has 0 saturated heterocycles. The van der Waals surface area contributed by atoms with Crippen molar-refractivity contribution in [3.05, 3.63) is 48.6 Å². The molecule has 0 heterocycles. The van der Waals surface area contributed by atoms with Crippen molar-refractivity contribution in [1.29, 1.82) is 0 Å². The first-order chi connectivity index (χ1) is 7.36. The van der Waals surface area contributed by atoms with Gasteiger partial charge in [0.25, 0.3) is 0 Å². The second-order valence-corrected chi connectivity index (χ2v) is 3.38. The van der Waals surface area contributed by atoms with E-state index in [1.165, 1.54) is 5.56 Å². The number of hydrogen-bond donors (Lipinski definition) is 0. The summed E-state index contributed by atoms with van der Waals surface area (Å²) in [5.41, 5.74) is 1.19. The largest absolute Gasteiger partial charge is 0.379 e. The Hall–Kier alpha value is -1.12. The quantitative estimate of drug-likeness (QED) is 0.639. The summed E-state index contributed by atoms with van der Waals surface area (Å²) in [6.07, 6.45) is 2.79. The van der Waals surface area contributed by atoms with E-state index in [1.807, 2.05) is 24.3 Å². The van der Waals surface area contributed by atoms with E-state index in [2.05, 4.69) is 18.7 Å². The second-order valence-electron chi connectivity index (χ2n) is 3.38. The molecule has 0 bridgehead atoms. The third kappa shape index (κ3) is 4.77. The minimum atomic E-state index is 0.117. The molecule has 2 heteroatoms. The van der Waals surface area contributed by atoms with Crippen molar-refractivity contribution >= 4 is 0 Å². The van der Waals surface area contributed by atoms with Gasteiger partial charge in [0, 0.05) is 7.11 Å². The lowest BCUT2D eigenvalue weighted by atomic mass is 10.2. The van der Waals surface area contributed by atoms with Crippen LogP contribution >= 0.6 is 0 Å². The summed E-state index contributed by atoms with van der Waals surface area (Å²) < 4.78 is 10.8. The van der Waals surface area contributed by atoms with Gasteiger partial charge in [-0.25, -0.2) is 0 Å². The van der Waals surface area contributed by atoms with Crippen LogP contribution < -0.4 is 0 Å². The van der Waals surface area contributed by atoms with Crippen molar-refractivity contribution < 1.29 is 9.47 Å². The Bertz CT molecular complexity index is 269. The molecule has 0 aliphatic rings. The molecule has 2 nitrogen and oxygen atoms in total. The van der Waals surface area contributed by atoms with Gasteiger partial charge >= 0.3 is 0 Å². The van der Waals surface area contributed by atoms with Crippen LogP contribution in [0, 0.1) is 0 Å². The molecule has 0 aliphatic carbocycles. The highest BCUT2D eigenvalue weighted by molar-refractivity contribution is 5.13. The Morgan fingerprint density at radius 3 is 2.67 bits per heavy atom. The van der Waals surface area contributed by atoms with Crippen molar-refractivity contribution in [2.45, 2.75) is 19.1 Å². The molecule has 82 valence electrons. The van der Waals surface area contributed by atoms with Crippen molar-refractivity contribution in [2.75, 3.05) is 13.7 Å². The van der Waals surface area contributed by atoms with Crippen LogP contribution in [0.25, 0.3) is 0 Å². The molecule has 0 aliphatic heterocycles. The molecule has 1 aromatic rings. The molecule has 0 saturated carbocycles. The summed E-state index contributed by atoms with van der Waals surface area (Å²) in [6, 6.07) is 10.1. The van der Waals surface area contributed by atoms with Gasteiger partial charge in [0.2, 0.25) is 0 Å². The van der Waals surface area contributed by atoms with Gasteiger partial charge < -0.3 is 9.47 Å². The molecule has 0 N–H and O–H groups in total. The lowest BCUT2D eigenvalue weighted by Gasteiger charge is -2.13. The standard InChI is InChI=1S/C13H18O2/c1-3-7-13(14-2)11-15-10-12-8-5-4-6-9-12/h3-6,8-9,13H,1,7,10-11H2,2H3/t13-/m0/s1. The molecule has 1 rings (SSSR count). The first-order valence-electron chi connectivity index (χ1n) is 5.12. The fourth-order valence-electron chi connectivity index (χ4n) is 1.30. The number of methoxy groups -OCH3 is 1. The molecule has 0 fully saturated rings. The van der Waals surface area contributed by atoms with E-state index in [4.69, 9.17) is 9.47 Å². The summed E-state index contributed by atoms with van der Waals surface area (Å²) >= 11 is 0. The van der Waals surface area contributed by atoms with E-state index in [0.29, 0.717) is 13.2 Å². The molecule has 0 unspecified atom stereocenters. The van der Waals surface area contributed by atoms with Gasteiger partial charge in [-0.15, -0.1) is 6.58 Å². The maximum absolute atomic E-state index is 5.55. The molecule has 1 atom stereocenters. The highest BCUT2D eigenvalue weighted by atomic mass is 16.5. The van der Waals surface area contributed by atoms with Crippen LogP contribution in [0.3, 0.4) is 0 Å². The zero-order chi connectivity index (χ0) is 10.9. The third-order valence-electron chi connectivity index (χ3n) is 2.18. The first-order valence-corrected chi connectivity index (χ1v) is 5.12. The van der Waals surface area contributed by atoms with Crippen LogP contribution in [-0.4, -0.2) is 19.8 Å². The smallest absolute Gasteiger partial charge is 0.0839 e. The SMILES string of the molecule is C=CC[C@@H](COCc1ccccc1)OC. The van der Waals surface area contributed by atoms with E-state index < -0.39 is 0 Å². The molecule has 1 aromatic carbocycles. The number of ether oxygens (including phenoxy) is 2. The Kier molecular flexibility index (Phi) is 5.74. The number of rotatable bonds is 7. The van der Waals surface area contributed by atoms with Crippen LogP contribution in [0.4, 0.5) is 0 Å². The molecule has 0 radical (unpaired) electrons. The molecule has 0 spiro atoms. The first kappa shape index (κ1) is 12.0. The summed E-state index contributed by atoms with van der Waals surface area (Å²) in [5, 5.41) is 0. The topological polar surface area (TPSA) is 18.5 Å². The Morgan fingerprint density at radius 1 is 1.33 bits per heavy atom. The Balaban J connectivity index is 2.23. The van der Waals surface area contributed by atoms with Gasteiger partial charge in [-0.1, -0.05) is 36.4 Å². The molecular weight excluding hydrogens is 188 g/mol. The number of benzene rings is 1. The fraction of sp³-hybridized carbons (Fsp3) is 0.385. The molecule has 15 heavy (non-hydrogen) atoms. The minimum absolute atomic E-state index is 0.117. The summed E-state index contributed by atoms with van der Waals surface area (Å²) in [6.45, 7) is 4.92. The molecule has 0 aromatic heterocycles. The lowest BCUT2D eigenvalue weighted by molar-refractivity contribution is 0.00386. The third-order valence-corrected chi connectivity index (χ3v) is 2.18. The van der Waals surface area contributed by atoms with Crippen LogP contribution in [0.1, 0.15) is 12.0 Å². The van der Waals surface area contributed by atoms with Gasteiger partial charge in [0.05, 0.1) is 19.3 Å². The minimum Gasteiger partial charge on any atom is -0.379 e. The molecular formula is C13H18O2. The summed E-state index contributed by atoms with van der Waals surface area (Å²) in [7, 11) is 1.69. The van der Waals surface area contributed by atoms with Crippen molar-refractivity contribution in [3.63, 3.8) is 0 Å². The van der Waals surface area contributed by atoms with Crippen LogP contribution in [0.5, 0.6) is 0 Å². The Morgan fingerprint density at radius 2 is 2.07 bits per heavy atom. The monoisotopic (exact) mass is 206 g/mol. The van der Waals surface area contributed by atoms with E-state index >= 15 is 0 Å². The maximum atomic E-state index is 5.55. The zero-order valence-corrected chi connectivity index (χ0v) is 9.19. The highest BCUT2D eigenvalue weighted by Gasteiger charge is 2.04. The number of hydrogen-bond acceptors (Lipinski definition) is 2. The van der Waals surface area contributed by atoms with Gasteiger partial charge in [-0.3, -0.25) is 0 Å². The lowest BCUT2D eigenvalue weighted by Crippen LogP contribution is -2.17. The van der Waals surface area contributed by atoms with Crippen molar-refractivity contribution in [3.8, 4) is 0 Å². The predicted octanol–water partition coefficient (Wildman–Crippen LogP) is 2.79. The predicted molar refractivity (Wildman–Crippen MR) is 61.7 cm³/mol. The van der Waals surface area contributed by atoms with E-state index in [1.54, 1.807) is 7.11 Å². The van der Waals surface area contributed by atoms with Crippen molar-refractivity contribution in [1.82, 2.24) is 0 Å². The van der Waals surface area contributed by atoms with Crippen LogP contribution in [0.15, 0.2) is 43.0 Å². The second kappa shape index (κ2) is 7.21. The summed E-state index contributed by atoms with van der Waals surface area (Å²) in [5.74, 6) is 0. The fourth-order valence-corrected chi connectivity index (χ4v) is 1.30. The normalized spacial score (nSPS) is 12.3. The average Bonchev–Trinajstić information content (AvgIpc) is 2.29. The van der Waals surface area contributed by atoms with Crippen molar-refractivity contribution in [2.24, 2.45) is 0 Å². The van der Waals surface area contributed by atoms with E-state index in [-0.39, 0.29) is 6.10 Å². The average molecular weight is 206 g/mol. The van der Waals surface area contributed by atoms with Crippen LogP contribution in [0.2, 0.25) is 0 Å². The Labute approximate surface area is 91.5 Å². The van der Waals surface area contributed by atoms with Gasteiger partial charge in [-0.05, 0) is 12.0 Å². The van der Waals surface area contributed by atoms with E-state index in [0.717, 1.165) is 6.42 Å². The summed E-state index contributed by atoms with van der Waals surface area (Å²) in [4.78, 5) is 0. The van der Waals surface area contributed by atoms with Gasteiger partial charge in [0.15, 0.2) is 0 Å². The van der Waals surface area contributed by atoms with Gasteiger partial charge in [-0.2, -0.15) is 0 Å². The van der Waals surface area contributed by atoms with Crippen LogP contribution in [-0.2, 0) is 16.1 Å². The zero-order valence-electron chi connectivity index (χ0n) is 9.19.